The zero-order chi connectivity index (χ0) is 20.8. The average molecular weight is 386 g/mol. The molecule has 0 unspecified atom stereocenters. The normalized spacial score (nSPS) is 11.7. The second-order valence-electron chi connectivity index (χ2n) is 6.36. The van der Waals surface area contributed by atoms with Gasteiger partial charge in [0, 0.05) is 0 Å². The van der Waals surface area contributed by atoms with Crippen LogP contribution in [0.25, 0.3) is 59.9 Å². The number of hydrogen-bond acceptors (Lipinski definition) is 7. The Morgan fingerprint density at radius 2 is 1.33 bits per heavy atom. The molecule has 0 saturated heterocycles. The van der Waals surface area contributed by atoms with Crippen molar-refractivity contribution in [3.05, 3.63) is 58.9 Å². The van der Waals surface area contributed by atoms with Crippen molar-refractivity contribution < 1.29 is 8.83 Å². The zero-order valence-corrected chi connectivity index (χ0v) is 15.0. The third kappa shape index (κ3) is 2.36. The first-order valence-corrected chi connectivity index (χ1v) is 8.55. The van der Waals surface area contributed by atoms with Crippen LogP contribution in [0.5, 0.6) is 0 Å². The van der Waals surface area contributed by atoms with E-state index in [2.05, 4.69) is 14.8 Å². The first kappa shape index (κ1) is 17.0. The number of benzene rings is 3. The molecule has 8 heteroatoms. The molecule has 0 bridgehead atoms. The summed E-state index contributed by atoms with van der Waals surface area (Å²) < 4.78 is 11.2. The summed E-state index contributed by atoms with van der Waals surface area (Å²) in [6.45, 7) is 7.07. The number of aromatic nitrogens is 2. The maximum Gasteiger partial charge on any atom is 0.322 e. The lowest BCUT2D eigenvalue weighted by atomic mass is 10.0. The summed E-state index contributed by atoms with van der Waals surface area (Å²) in [5, 5.41) is 30.6. The van der Waals surface area contributed by atoms with E-state index in [0.29, 0.717) is 22.2 Å². The first-order chi connectivity index (χ1) is 14.6. The Kier molecular flexibility index (Phi) is 3.49. The molecular formula is C22H6N6O2. The van der Waals surface area contributed by atoms with Crippen molar-refractivity contribution in [1.29, 1.82) is 15.8 Å². The molecular weight excluding hydrogens is 380 g/mol. The fourth-order valence-electron chi connectivity index (χ4n) is 3.35. The monoisotopic (exact) mass is 386 g/mol. The van der Waals surface area contributed by atoms with Gasteiger partial charge in [-0.15, -0.1) is 0 Å². The minimum absolute atomic E-state index is 0.0135. The van der Waals surface area contributed by atoms with Crippen LogP contribution in [0.4, 0.5) is 0 Å². The highest BCUT2D eigenvalue weighted by Gasteiger charge is 2.12. The van der Waals surface area contributed by atoms with Gasteiger partial charge in [0.15, 0.2) is 16.7 Å². The standard InChI is InChI=1S/C22H6N6O2/c1-26-18(10-25)22-28-17-5-12-3-2-11-4-16-19(29-21(27-16)13(8-23)9-24)6-14(11)15(12)7-20(17)30-22/h2-7H/b22-18+. The molecule has 0 aliphatic carbocycles. The fourth-order valence-corrected chi connectivity index (χ4v) is 3.35. The van der Waals surface area contributed by atoms with Gasteiger partial charge in [0.2, 0.25) is 11.1 Å². The van der Waals surface area contributed by atoms with Crippen LogP contribution in [0, 0.1) is 40.6 Å². The molecule has 0 fully saturated rings. The van der Waals surface area contributed by atoms with Crippen LogP contribution < -0.4 is 11.1 Å². The summed E-state index contributed by atoms with van der Waals surface area (Å²) >= 11 is 0. The SMILES string of the molecule is [C-]#[N+]/C(C#N)=c1\nc2cc3ccc4cc5nc(=C(C#N)C#N)oc5cc4c3cc2o1. The molecule has 0 N–H and O–H groups in total. The topological polar surface area (TPSA) is 128 Å². The molecule has 0 radical (unpaired) electrons. The Morgan fingerprint density at radius 3 is 1.83 bits per heavy atom. The Labute approximate surface area is 167 Å². The molecule has 136 valence electrons. The van der Waals surface area contributed by atoms with Gasteiger partial charge in [-0.2, -0.15) is 10.5 Å². The van der Waals surface area contributed by atoms with Crippen molar-refractivity contribution in [3.8, 4) is 18.2 Å². The molecule has 0 aliphatic rings. The summed E-state index contributed by atoms with van der Waals surface area (Å²) in [5.74, 6) is 0. The summed E-state index contributed by atoms with van der Waals surface area (Å²) in [6, 6.07) is 16.4. The third-order valence-corrected chi connectivity index (χ3v) is 4.71. The zero-order valence-electron chi connectivity index (χ0n) is 15.0. The van der Waals surface area contributed by atoms with Crippen molar-refractivity contribution in [1.82, 2.24) is 9.97 Å². The lowest BCUT2D eigenvalue weighted by Crippen LogP contribution is -2.03. The second-order valence-corrected chi connectivity index (χ2v) is 6.36. The summed E-state index contributed by atoms with van der Waals surface area (Å²) in [4.78, 5) is 11.6. The van der Waals surface area contributed by atoms with E-state index < -0.39 is 0 Å². The van der Waals surface area contributed by atoms with E-state index in [1.807, 2.05) is 24.3 Å². The van der Waals surface area contributed by atoms with Gasteiger partial charge < -0.3 is 8.83 Å². The van der Waals surface area contributed by atoms with Crippen molar-refractivity contribution in [2.75, 3.05) is 0 Å². The van der Waals surface area contributed by atoms with E-state index in [0.717, 1.165) is 21.5 Å². The summed E-state index contributed by atoms with van der Waals surface area (Å²) in [5.41, 5.74) is 1.53. The van der Waals surface area contributed by atoms with Crippen molar-refractivity contribution in [3.63, 3.8) is 0 Å². The lowest BCUT2D eigenvalue weighted by molar-refractivity contribution is 0.559. The number of fused-ring (bicyclic) bond motifs is 5. The largest absolute Gasteiger partial charge is 0.446 e. The van der Waals surface area contributed by atoms with Crippen molar-refractivity contribution in [2.24, 2.45) is 0 Å². The summed E-state index contributed by atoms with van der Waals surface area (Å²) in [7, 11) is 0. The fraction of sp³-hybridized carbons (Fsp3) is 0. The maximum atomic E-state index is 9.05. The molecule has 0 aliphatic heterocycles. The highest BCUT2D eigenvalue weighted by Crippen LogP contribution is 2.31. The first-order valence-electron chi connectivity index (χ1n) is 8.55. The van der Waals surface area contributed by atoms with Crippen LogP contribution in [0.1, 0.15) is 0 Å². The number of nitriles is 3. The van der Waals surface area contributed by atoms with Gasteiger partial charge in [-0.05, 0) is 45.8 Å². The molecule has 5 rings (SSSR count). The quantitative estimate of drug-likeness (QED) is 0.295. The van der Waals surface area contributed by atoms with Gasteiger partial charge >= 0.3 is 5.70 Å². The van der Waals surface area contributed by atoms with Crippen LogP contribution in [0.2, 0.25) is 0 Å². The van der Waals surface area contributed by atoms with Crippen LogP contribution in [-0.4, -0.2) is 9.97 Å². The van der Waals surface area contributed by atoms with Gasteiger partial charge in [0.25, 0.3) is 0 Å². The Morgan fingerprint density at radius 1 is 0.800 bits per heavy atom. The molecule has 0 amide bonds. The second kappa shape index (κ2) is 6.17. The smallest absolute Gasteiger partial charge is 0.322 e. The Bertz CT molecular complexity index is 1680. The van der Waals surface area contributed by atoms with E-state index in [4.69, 9.17) is 31.2 Å². The molecule has 30 heavy (non-hydrogen) atoms. The highest BCUT2D eigenvalue weighted by atomic mass is 16.3. The van der Waals surface area contributed by atoms with E-state index in [1.54, 1.807) is 30.3 Å². The van der Waals surface area contributed by atoms with Crippen LogP contribution in [0.15, 0.2) is 45.2 Å². The van der Waals surface area contributed by atoms with Crippen molar-refractivity contribution >= 4 is 55.0 Å². The predicted molar refractivity (Wildman–Crippen MR) is 106 cm³/mol. The van der Waals surface area contributed by atoms with Gasteiger partial charge in [-0.1, -0.05) is 12.1 Å². The molecule has 2 heterocycles. The van der Waals surface area contributed by atoms with Crippen molar-refractivity contribution in [2.45, 2.75) is 0 Å². The van der Waals surface area contributed by atoms with Crippen LogP contribution in [-0.2, 0) is 0 Å². The maximum absolute atomic E-state index is 9.05. The molecule has 5 aromatic rings. The highest BCUT2D eigenvalue weighted by molar-refractivity contribution is 6.13. The third-order valence-electron chi connectivity index (χ3n) is 4.71. The molecule has 0 atom stereocenters. The Hall–Kier alpha value is -5.18. The molecule has 0 spiro atoms. The van der Waals surface area contributed by atoms with Gasteiger partial charge in [0.1, 0.15) is 23.2 Å². The minimum Gasteiger partial charge on any atom is -0.446 e. The molecule has 0 saturated carbocycles. The average Bonchev–Trinajstić information content (AvgIpc) is 3.35. The van der Waals surface area contributed by atoms with E-state index in [9.17, 15) is 0 Å². The van der Waals surface area contributed by atoms with Crippen LogP contribution in [0.3, 0.4) is 0 Å². The lowest BCUT2D eigenvalue weighted by Gasteiger charge is -2.03. The predicted octanol–water partition coefficient (Wildman–Crippen LogP) is 3.02. The number of nitrogens with zero attached hydrogens (tertiary/aromatic N) is 6. The number of oxazole rings is 2. The molecule has 8 nitrogen and oxygen atoms in total. The summed E-state index contributed by atoms with van der Waals surface area (Å²) in [6.07, 6.45) is 0. The van der Waals surface area contributed by atoms with Gasteiger partial charge in [-0.3, -0.25) is 0 Å². The van der Waals surface area contributed by atoms with E-state index in [-0.39, 0.29) is 22.4 Å². The van der Waals surface area contributed by atoms with Gasteiger partial charge in [-0.25, -0.2) is 20.1 Å². The van der Waals surface area contributed by atoms with Gasteiger partial charge in [0.05, 0.1) is 12.6 Å². The molecule has 2 aromatic heterocycles. The van der Waals surface area contributed by atoms with E-state index >= 15 is 0 Å². The molecule has 3 aromatic carbocycles. The van der Waals surface area contributed by atoms with E-state index in [1.165, 1.54) is 0 Å². The van der Waals surface area contributed by atoms with Crippen LogP contribution >= 0.6 is 0 Å². The minimum atomic E-state index is -0.210. The Balaban J connectivity index is 1.88. The number of rotatable bonds is 0. The number of hydrogen-bond donors (Lipinski definition) is 0.